The Morgan fingerprint density at radius 3 is 2.55 bits per heavy atom. The summed E-state index contributed by atoms with van der Waals surface area (Å²) in [4.78, 5) is 36.4. The first-order chi connectivity index (χ1) is 15.9. The van der Waals surface area contributed by atoms with Gasteiger partial charge in [-0.3, -0.25) is 18.9 Å². The summed E-state index contributed by atoms with van der Waals surface area (Å²) in [6.07, 6.45) is 10.1. The highest BCUT2D eigenvalue weighted by atomic mass is 32.2. The van der Waals surface area contributed by atoms with Gasteiger partial charge in [0, 0.05) is 25.3 Å². The van der Waals surface area contributed by atoms with E-state index in [4.69, 9.17) is 17.2 Å². The first kappa shape index (κ1) is 22.6. The summed E-state index contributed by atoms with van der Waals surface area (Å²) in [7, 11) is 0. The van der Waals surface area contributed by atoms with Crippen molar-refractivity contribution in [2.75, 3.05) is 18.0 Å². The van der Waals surface area contributed by atoms with Crippen LogP contribution in [0.3, 0.4) is 0 Å². The van der Waals surface area contributed by atoms with Crippen molar-refractivity contribution in [2.45, 2.75) is 58.4 Å². The number of aromatic nitrogens is 2. The molecule has 2 saturated heterocycles. The fraction of sp³-hybridized carbons (Fsp3) is 0.520. The van der Waals surface area contributed by atoms with Crippen molar-refractivity contribution in [3.8, 4) is 0 Å². The number of amides is 1. The van der Waals surface area contributed by atoms with Crippen LogP contribution in [0.15, 0.2) is 34.1 Å². The number of anilines is 1. The maximum atomic E-state index is 13.6. The van der Waals surface area contributed by atoms with Crippen LogP contribution in [0.4, 0.5) is 5.82 Å². The Labute approximate surface area is 204 Å². The van der Waals surface area contributed by atoms with Crippen molar-refractivity contribution in [3.05, 3.63) is 45.2 Å². The molecule has 1 amide bonds. The third kappa shape index (κ3) is 4.35. The van der Waals surface area contributed by atoms with Crippen LogP contribution < -0.4 is 10.5 Å². The minimum Gasteiger partial charge on any atom is -0.355 e. The second-order valence-electron chi connectivity index (χ2n) is 9.78. The van der Waals surface area contributed by atoms with E-state index in [1.807, 2.05) is 18.2 Å². The largest absolute Gasteiger partial charge is 0.355 e. The molecule has 1 aliphatic carbocycles. The molecule has 4 heterocycles. The van der Waals surface area contributed by atoms with Crippen LogP contribution in [0.5, 0.6) is 0 Å². The molecule has 0 radical (unpaired) electrons. The van der Waals surface area contributed by atoms with Gasteiger partial charge in [0.05, 0.1) is 10.5 Å². The van der Waals surface area contributed by atoms with Crippen LogP contribution in [0.25, 0.3) is 11.7 Å². The van der Waals surface area contributed by atoms with Crippen molar-refractivity contribution in [3.63, 3.8) is 0 Å². The van der Waals surface area contributed by atoms with Crippen LogP contribution in [-0.2, 0) is 4.79 Å². The summed E-state index contributed by atoms with van der Waals surface area (Å²) in [6.45, 7) is 6.18. The monoisotopic (exact) mass is 482 g/mol. The van der Waals surface area contributed by atoms with Crippen LogP contribution >= 0.6 is 24.0 Å². The molecule has 0 bridgehead atoms. The zero-order valence-corrected chi connectivity index (χ0v) is 20.8. The zero-order valence-electron chi connectivity index (χ0n) is 19.2. The molecule has 0 spiro atoms. The molecule has 2 aliphatic heterocycles. The van der Waals surface area contributed by atoms with Crippen LogP contribution in [0.1, 0.15) is 57.9 Å². The Morgan fingerprint density at radius 1 is 1.09 bits per heavy atom. The summed E-state index contributed by atoms with van der Waals surface area (Å²) < 4.78 is 2.17. The van der Waals surface area contributed by atoms with E-state index in [0.29, 0.717) is 38.1 Å². The number of pyridine rings is 1. The SMILES string of the molecule is C[C@H]1C[C@H](C)CN(c2nc3ccccn3c(=O)c2/C=C2\SC(=S)N(C3CCCCC3)C2=O)C1. The van der Waals surface area contributed by atoms with Crippen LogP contribution in [0, 0.1) is 11.8 Å². The number of thiocarbonyl (C=S) groups is 1. The highest BCUT2D eigenvalue weighted by Gasteiger charge is 2.38. The Hall–Kier alpha value is -2.19. The number of piperidine rings is 1. The van der Waals surface area contributed by atoms with Gasteiger partial charge >= 0.3 is 0 Å². The molecule has 0 N–H and O–H groups in total. The molecular weight excluding hydrogens is 452 g/mol. The number of fused-ring (bicyclic) bond motifs is 1. The summed E-state index contributed by atoms with van der Waals surface area (Å²) in [5.41, 5.74) is 0.948. The number of rotatable bonds is 3. The molecule has 174 valence electrons. The van der Waals surface area contributed by atoms with Gasteiger partial charge in [-0.25, -0.2) is 4.98 Å². The predicted octanol–water partition coefficient (Wildman–Crippen LogP) is 4.71. The van der Waals surface area contributed by atoms with E-state index in [9.17, 15) is 9.59 Å². The number of carbonyl (C=O) groups excluding carboxylic acids is 1. The normalized spacial score (nSPS) is 26.1. The highest BCUT2D eigenvalue weighted by Crippen LogP contribution is 2.38. The zero-order chi connectivity index (χ0) is 23.1. The van der Waals surface area contributed by atoms with E-state index >= 15 is 0 Å². The van der Waals surface area contributed by atoms with Crippen molar-refractivity contribution in [1.29, 1.82) is 0 Å². The molecule has 2 aromatic rings. The number of hydrogen-bond acceptors (Lipinski definition) is 6. The van der Waals surface area contributed by atoms with Gasteiger partial charge in [0.25, 0.3) is 11.5 Å². The van der Waals surface area contributed by atoms with Gasteiger partial charge in [-0.2, -0.15) is 0 Å². The molecule has 3 aliphatic rings. The van der Waals surface area contributed by atoms with Gasteiger partial charge in [-0.05, 0) is 49.3 Å². The van der Waals surface area contributed by atoms with Crippen molar-refractivity contribution in [1.82, 2.24) is 14.3 Å². The lowest BCUT2D eigenvalue weighted by atomic mass is 9.91. The van der Waals surface area contributed by atoms with Gasteiger partial charge in [0.15, 0.2) is 0 Å². The second kappa shape index (κ2) is 9.22. The number of nitrogens with zero attached hydrogens (tertiary/aromatic N) is 4. The first-order valence-corrected chi connectivity index (χ1v) is 13.2. The van der Waals surface area contributed by atoms with Crippen LogP contribution in [-0.4, -0.2) is 43.6 Å². The molecule has 6 nitrogen and oxygen atoms in total. The lowest BCUT2D eigenvalue weighted by Crippen LogP contribution is -2.41. The Kier molecular flexibility index (Phi) is 6.31. The highest BCUT2D eigenvalue weighted by molar-refractivity contribution is 8.26. The Morgan fingerprint density at radius 2 is 1.82 bits per heavy atom. The molecule has 8 heteroatoms. The van der Waals surface area contributed by atoms with Crippen LogP contribution in [0.2, 0.25) is 0 Å². The minimum absolute atomic E-state index is 0.0687. The quantitative estimate of drug-likeness (QED) is 0.466. The number of thioether (sulfide) groups is 1. The molecule has 1 saturated carbocycles. The van der Waals surface area contributed by atoms with E-state index in [-0.39, 0.29) is 17.5 Å². The fourth-order valence-electron chi connectivity index (χ4n) is 5.56. The average molecular weight is 483 g/mol. The molecule has 33 heavy (non-hydrogen) atoms. The van der Waals surface area contributed by atoms with Crippen molar-refractivity contribution < 1.29 is 4.79 Å². The third-order valence-corrected chi connectivity index (χ3v) is 8.29. The molecular formula is C25H30N4O2S2. The standard InChI is InChI=1S/C25H30N4O2S2/c1-16-12-17(2)15-27(14-16)22-19(23(30)28-11-7-6-10-21(28)26-22)13-20-24(31)29(25(32)33-20)18-8-4-3-5-9-18/h6-7,10-11,13,16-18H,3-5,8-9,12,14-15H2,1-2H3/b20-13-/t16-,17-/m0/s1. The lowest BCUT2D eigenvalue weighted by Gasteiger charge is -2.36. The Balaban J connectivity index is 1.59. The number of hydrogen-bond donors (Lipinski definition) is 0. The predicted molar refractivity (Wildman–Crippen MR) is 139 cm³/mol. The van der Waals surface area contributed by atoms with Crippen molar-refractivity contribution >= 4 is 51.7 Å². The van der Waals surface area contributed by atoms with Gasteiger partial charge in [-0.1, -0.05) is 63.2 Å². The molecule has 3 fully saturated rings. The molecule has 0 unspecified atom stereocenters. The summed E-state index contributed by atoms with van der Waals surface area (Å²) in [5.74, 6) is 1.64. The Bertz CT molecular complexity index is 1170. The first-order valence-electron chi connectivity index (χ1n) is 12.0. The molecule has 5 rings (SSSR count). The fourth-order valence-corrected chi connectivity index (χ4v) is 6.94. The van der Waals surface area contributed by atoms with Gasteiger partial charge in [0.2, 0.25) is 0 Å². The van der Waals surface area contributed by atoms with E-state index in [1.54, 1.807) is 21.6 Å². The van der Waals surface area contributed by atoms with E-state index in [0.717, 1.165) is 38.8 Å². The van der Waals surface area contributed by atoms with Gasteiger partial charge < -0.3 is 4.90 Å². The van der Waals surface area contributed by atoms with Gasteiger partial charge in [-0.15, -0.1) is 0 Å². The summed E-state index contributed by atoms with van der Waals surface area (Å²) in [6, 6.07) is 5.75. The molecule has 2 aromatic heterocycles. The van der Waals surface area contributed by atoms with Gasteiger partial charge in [0.1, 0.15) is 15.8 Å². The average Bonchev–Trinajstić information content (AvgIpc) is 3.08. The maximum absolute atomic E-state index is 13.6. The molecule has 0 aromatic carbocycles. The maximum Gasteiger partial charge on any atom is 0.267 e. The van der Waals surface area contributed by atoms with E-state index < -0.39 is 0 Å². The third-order valence-electron chi connectivity index (χ3n) is 6.96. The molecule has 2 atom stereocenters. The van der Waals surface area contributed by atoms with E-state index in [2.05, 4.69) is 18.7 Å². The number of carbonyl (C=O) groups is 1. The second-order valence-corrected chi connectivity index (χ2v) is 11.5. The van der Waals surface area contributed by atoms with E-state index in [1.165, 1.54) is 24.6 Å². The lowest BCUT2D eigenvalue weighted by molar-refractivity contribution is -0.124. The smallest absolute Gasteiger partial charge is 0.267 e. The summed E-state index contributed by atoms with van der Waals surface area (Å²) in [5, 5.41) is 0. The topological polar surface area (TPSA) is 57.9 Å². The minimum atomic E-state index is -0.149. The van der Waals surface area contributed by atoms with Crippen molar-refractivity contribution in [2.24, 2.45) is 11.8 Å². The summed E-state index contributed by atoms with van der Waals surface area (Å²) >= 11 is 6.92.